The third kappa shape index (κ3) is 6.35. The molecule has 1 aliphatic rings. The highest BCUT2D eigenvalue weighted by molar-refractivity contribution is 7.89. The second-order valence-corrected chi connectivity index (χ2v) is 9.11. The van der Waals surface area contributed by atoms with Crippen LogP contribution in [-0.2, 0) is 21.2 Å². The Kier molecular flexibility index (Phi) is 7.40. The first-order valence-corrected chi connectivity index (χ1v) is 11.5. The Hall–Kier alpha value is -2.78. The van der Waals surface area contributed by atoms with Gasteiger partial charge in [-0.15, -0.1) is 0 Å². The van der Waals surface area contributed by atoms with E-state index in [1.807, 2.05) is 18.2 Å². The number of nitrogens with one attached hydrogen (secondary N) is 2. The molecular formula is C22H28N2O6S. The summed E-state index contributed by atoms with van der Waals surface area (Å²) in [6.45, 7) is 2.04. The summed E-state index contributed by atoms with van der Waals surface area (Å²) in [5.74, 6) is 1.51. The van der Waals surface area contributed by atoms with Gasteiger partial charge in [0.2, 0.25) is 10.0 Å². The molecule has 2 aromatic rings. The predicted octanol–water partition coefficient (Wildman–Crippen LogP) is 2.19. The molecule has 1 fully saturated rings. The van der Waals surface area contributed by atoms with Gasteiger partial charge in [-0.1, -0.05) is 6.07 Å². The van der Waals surface area contributed by atoms with Gasteiger partial charge in [-0.25, -0.2) is 13.1 Å². The molecule has 1 aliphatic carbocycles. The maximum absolute atomic E-state index is 12.3. The summed E-state index contributed by atoms with van der Waals surface area (Å²) in [6, 6.07) is 10.3. The molecule has 31 heavy (non-hydrogen) atoms. The summed E-state index contributed by atoms with van der Waals surface area (Å²) in [5.41, 5.74) is 1.66. The number of ether oxygens (including phenoxy) is 3. The first-order chi connectivity index (χ1) is 14.8. The number of hydrogen-bond acceptors (Lipinski definition) is 6. The van der Waals surface area contributed by atoms with Gasteiger partial charge < -0.3 is 19.5 Å². The highest BCUT2D eigenvalue weighted by Gasteiger charge is 2.28. The van der Waals surface area contributed by atoms with E-state index < -0.39 is 10.0 Å². The van der Waals surface area contributed by atoms with Crippen LogP contribution in [0.2, 0.25) is 0 Å². The average Bonchev–Trinajstić information content (AvgIpc) is 3.56. The molecule has 168 valence electrons. The summed E-state index contributed by atoms with van der Waals surface area (Å²) in [6.07, 6.45) is 2.38. The molecule has 1 amide bonds. The zero-order valence-corrected chi connectivity index (χ0v) is 18.8. The highest BCUT2D eigenvalue weighted by Crippen LogP contribution is 2.28. The maximum atomic E-state index is 12.3. The van der Waals surface area contributed by atoms with E-state index in [1.165, 1.54) is 6.07 Å². The van der Waals surface area contributed by atoms with Crippen LogP contribution in [0, 0.1) is 6.92 Å². The Morgan fingerprint density at radius 3 is 2.39 bits per heavy atom. The Balaban J connectivity index is 1.47. The van der Waals surface area contributed by atoms with Crippen molar-refractivity contribution < 1.29 is 27.4 Å². The van der Waals surface area contributed by atoms with E-state index in [2.05, 4.69) is 10.0 Å². The normalized spacial score (nSPS) is 13.5. The smallest absolute Gasteiger partial charge is 0.257 e. The lowest BCUT2D eigenvalue weighted by atomic mass is 10.1. The van der Waals surface area contributed by atoms with E-state index in [1.54, 1.807) is 33.3 Å². The van der Waals surface area contributed by atoms with Gasteiger partial charge in [0.25, 0.3) is 5.91 Å². The van der Waals surface area contributed by atoms with Crippen LogP contribution >= 0.6 is 0 Å². The standard InChI is InChI=1S/C22H28N2O6S/c1-15-12-18(31(26,27)24-17-5-6-17)7-9-19(15)30-14-22(25)23-11-10-16-4-8-20(28-2)21(13-16)29-3/h4,7-9,12-13,17,24H,5-6,10-11,14H2,1-3H3,(H,23,25). The summed E-state index contributed by atoms with van der Waals surface area (Å²) in [5, 5.41) is 2.81. The van der Waals surface area contributed by atoms with E-state index in [-0.39, 0.29) is 23.5 Å². The van der Waals surface area contributed by atoms with Crippen molar-refractivity contribution in [2.45, 2.75) is 37.1 Å². The Labute approximate surface area is 182 Å². The third-order valence-corrected chi connectivity index (χ3v) is 6.42. The van der Waals surface area contributed by atoms with Crippen molar-refractivity contribution in [1.82, 2.24) is 10.0 Å². The summed E-state index contributed by atoms with van der Waals surface area (Å²) in [4.78, 5) is 12.3. The lowest BCUT2D eigenvalue weighted by molar-refractivity contribution is -0.123. The van der Waals surface area contributed by atoms with Crippen LogP contribution in [0.5, 0.6) is 17.2 Å². The number of hydrogen-bond donors (Lipinski definition) is 2. The molecular weight excluding hydrogens is 420 g/mol. The van der Waals surface area contributed by atoms with Crippen molar-refractivity contribution in [3.05, 3.63) is 47.5 Å². The quantitative estimate of drug-likeness (QED) is 0.546. The second-order valence-electron chi connectivity index (χ2n) is 7.40. The lowest BCUT2D eigenvalue weighted by Crippen LogP contribution is -2.30. The molecule has 0 bridgehead atoms. The van der Waals surface area contributed by atoms with Crippen LogP contribution in [-0.4, -0.2) is 47.7 Å². The van der Waals surface area contributed by atoms with Crippen molar-refractivity contribution in [3.63, 3.8) is 0 Å². The number of rotatable bonds is 11. The van der Waals surface area contributed by atoms with E-state index in [0.717, 1.165) is 18.4 Å². The number of amides is 1. The van der Waals surface area contributed by atoms with Gasteiger partial charge in [0.15, 0.2) is 18.1 Å². The van der Waals surface area contributed by atoms with Crippen LogP contribution < -0.4 is 24.2 Å². The summed E-state index contributed by atoms with van der Waals surface area (Å²) in [7, 11) is -0.359. The topological polar surface area (TPSA) is 103 Å². The van der Waals surface area contributed by atoms with Gasteiger partial charge in [0.1, 0.15) is 5.75 Å². The SMILES string of the molecule is COc1ccc(CCNC(=O)COc2ccc(S(=O)(=O)NC3CC3)cc2C)cc1OC. The minimum atomic E-state index is -3.52. The summed E-state index contributed by atoms with van der Waals surface area (Å²) >= 11 is 0. The minimum absolute atomic E-state index is 0.0453. The number of aryl methyl sites for hydroxylation is 1. The van der Waals surface area contributed by atoms with E-state index in [0.29, 0.717) is 35.8 Å². The van der Waals surface area contributed by atoms with Gasteiger partial charge in [0.05, 0.1) is 19.1 Å². The van der Waals surface area contributed by atoms with Crippen molar-refractivity contribution in [2.75, 3.05) is 27.4 Å². The molecule has 0 saturated heterocycles. The minimum Gasteiger partial charge on any atom is -0.493 e. The van der Waals surface area contributed by atoms with E-state index >= 15 is 0 Å². The highest BCUT2D eigenvalue weighted by atomic mass is 32.2. The Bertz CT molecular complexity index is 1030. The number of carbonyl (C=O) groups is 1. The molecule has 1 saturated carbocycles. The average molecular weight is 449 g/mol. The van der Waals surface area contributed by atoms with Gasteiger partial charge in [-0.2, -0.15) is 0 Å². The lowest BCUT2D eigenvalue weighted by Gasteiger charge is -2.12. The van der Waals surface area contributed by atoms with Crippen molar-refractivity contribution in [2.24, 2.45) is 0 Å². The number of methoxy groups -OCH3 is 2. The molecule has 2 aromatic carbocycles. The zero-order valence-electron chi connectivity index (χ0n) is 17.9. The molecule has 0 aromatic heterocycles. The fourth-order valence-corrected chi connectivity index (χ4v) is 4.41. The van der Waals surface area contributed by atoms with Crippen LogP contribution in [0.25, 0.3) is 0 Å². The molecule has 0 spiro atoms. The van der Waals surface area contributed by atoms with E-state index in [4.69, 9.17) is 14.2 Å². The molecule has 9 heteroatoms. The van der Waals surface area contributed by atoms with Crippen molar-refractivity contribution in [3.8, 4) is 17.2 Å². The molecule has 0 heterocycles. The maximum Gasteiger partial charge on any atom is 0.257 e. The van der Waals surface area contributed by atoms with Crippen molar-refractivity contribution in [1.29, 1.82) is 0 Å². The fourth-order valence-electron chi connectivity index (χ4n) is 3.02. The number of carbonyl (C=O) groups excluding carboxylic acids is 1. The molecule has 0 radical (unpaired) electrons. The Morgan fingerprint density at radius 2 is 1.74 bits per heavy atom. The second kappa shape index (κ2) is 10.0. The molecule has 8 nitrogen and oxygen atoms in total. The molecule has 0 atom stereocenters. The van der Waals surface area contributed by atoms with Crippen LogP contribution in [0.4, 0.5) is 0 Å². The molecule has 0 aliphatic heterocycles. The molecule has 3 rings (SSSR count). The first-order valence-electron chi connectivity index (χ1n) is 10.1. The monoisotopic (exact) mass is 448 g/mol. The molecule has 0 unspecified atom stereocenters. The van der Waals surface area contributed by atoms with Gasteiger partial charge >= 0.3 is 0 Å². The van der Waals surface area contributed by atoms with Gasteiger partial charge in [0, 0.05) is 12.6 Å². The third-order valence-electron chi connectivity index (χ3n) is 4.90. The predicted molar refractivity (Wildman–Crippen MR) is 116 cm³/mol. The number of benzene rings is 2. The Morgan fingerprint density at radius 1 is 1.03 bits per heavy atom. The van der Waals surface area contributed by atoms with Crippen LogP contribution in [0.3, 0.4) is 0 Å². The van der Waals surface area contributed by atoms with E-state index in [9.17, 15) is 13.2 Å². The van der Waals surface area contributed by atoms with Crippen molar-refractivity contribution >= 4 is 15.9 Å². The van der Waals surface area contributed by atoms with Crippen LogP contribution in [0.1, 0.15) is 24.0 Å². The first kappa shape index (κ1) is 22.9. The summed E-state index contributed by atoms with van der Waals surface area (Å²) < 4.78 is 43.3. The van der Waals surface area contributed by atoms with Crippen LogP contribution in [0.15, 0.2) is 41.3 Å². The molecule has 2 N–H and O–H groups in total. The largest absolute Gasteiger partial charge is 0.493 e. The zero-order chi connectivity index (χ0) is 22.4. The van der Waals surface area contributed by atoms with Gasteiger partial charge in [-0.05, 0) is 67.6 Å². The fraction of sp³-hybridized carbons (Fsp3) is 0.409. The van der Waals surface area contributed by atoms with Gasteiger partial charge in [-0.3, -0.25) is 4.79 Å². The number of sulfonamides is 1.